The zero-order chi connectivity index (χ0) is 21.6. The van der Waals surface area contributed by atoms with E-state index in [1.165, 1.54) is 11.3 Å². The molecule has 6 heteroatoms. The minimum absolute atomic E-state index is 0.266. The molecule has 2 aromatic rings. The first-order valence-electron chi connectivity index (χ1n) is 11.3. The number of hydrogen-bond donors (Lipinski definition) is 0. The summed E-state index contributed by atoms with van der Waals surface area (Å²) < 4.78 is 5.34. The van der Waals surface area contributed by atoms with Crippen molar-refractivity contribution in [2.75, 3.05) is 70.9 Å². The third-order valence-corrected chi connectivity index (χ3v) is 6.65. The fourth-order valence-electron chi connectivity index (χ4n) is 4.56. The van der Waals surface area contributed by atoms with Crippen molar-refractivity contribution < 1.29 is 9.53 Å². The molecular weight excluding hydrogens is 388 g/mol. The Morgan fingerprint density at radius 1 is 0.903 bits per heavy atom. The van der Waals surface area contributed by atoms with E-state index in [0.29, 0.717) is 12.6 Å². The summed E-state index contributed by atoms with van der Waals surface area (Å²) in [7, 11) is 1.70. The monoisotopic (exact) mass is 422 g/mol. The topological polar surface area (TPSA) is 39.3 Å². The minimum Gasteiger partial charge on any atom is -0.497 e. The summed E-state index contributed by atoms with van der Waals surface area (Å²) in [6.45, 7) is 9.98. The van der Waals surface area contributed by atoms with Gasteiger partial charge in [-0.25, -0.2) is 0 Å². The van der Waals surface area contributed by atoms with E-state index in [9.17, 15) is 4.79 Å². The normalized spacial score (nSPS) is 19.3. The van der Waals surface area contributed by atoms with Gasteiger partial charge in [0.05, 0.1) is 13.7 Å². The lowest BCUT2D eigenvalue weighted by atomic mass is 10.1. The van der Waals surface area contributed by atoms with Crippen LogP contribution in [0.5, 0.6) is 5.75 Å². The molecule has 2 aliphatic heterocycles. The van der Waals surface area contributed by atoms with Crippen LogP contribution in [0.1, 0.15) is 18.5 Å². The Morgan fingerprint density at radius 3 is 2.29 bits per heavy atom. The van der Waals surface area contributed by atoms with E-state index >= 15 is 0 Å². The lowest BCUT2D eigenvalue weighted by Crippen LogP contribution is -2.54. The minimum atomic E-state index is 0.266. The van der Waals surface area contributed by atoms with E-state index in [-0.39, 0.29) is 5.91 Å². The van der Waals surface area contributed by atoms with Gasteiger partial charge < -0.3 is 14.5 Å². The quantitative estimate of drug-likeness (QED) is 0.716. The highest BCUT2D eigenvalue weighted by atomic mass is 16.5. The standard InChI is InChI=1S/C25H34N4O2/c1-21(22-7-4-3-5-8-22)27-15-17-29(18-16-27)25(30)20-26-11-13-28(14-12-26)23-9-6-10-24(19-23)31-2/h3-10,19,21H,11-18,20H2,1-2H3/t21-/m1/s1. The molecule has 0 unspecified atom stereocenters. The Bertz CT molecular complexity index is 844. The molecule has 2 aromatic carbocycles. The van der Waals surface area contributed by atoms with E-state index < -0.39 is 0 Å². The molecule has 6 nitrogen and oxygen atoms in total. The molecule has 4 rings (SSSR count). The number of anilines is 1. The number of benzene rings is 2. The summed E-state index contributed by atoms with van der Waals surface area (Å²) in [6, 6.07) is 19.2. The third-order valence-electron chi connectivity index (χ3n) is 6.65. The molecule has 0 N–H and O–H groups in total. The van der Waals surface area contributed by atoms with E-state index in [1.54, 1.807) is 7.11 Å². The SMILES string of the molecule is COc1cccc(N2CCN(CC(=O)N3CCN([C@H](C)c4ccccc4)CC3)CC2)c1. The Balaban J connectivity index is 1.22. The van der Waals surface area contributed by atoms with Crippen LogP contribution in [0.25, 0.3) is 0 Å². The number of hydrogen-bond acceptors (Lipinski definition) is 5. The molecule has 0 spiro atoms. The molecule has 2 saturated heterocycles. The molecule has 0 aliphatic carbocycles. The van der Waals surface area contributed by atoms with Gasteiger partial charge in [-0.3, -0.25) is 14.6 Å². The first kappa shape index (κ1) is 21.7. The first-order valence-corrected chi connectivity index (χ1v) is 11.3. The highest BCUT2D eigenvalue weighted by Gasteiger charge is 2.27. The molecular formula is C25H34N4O2. The number of carbonyl (C=O) groups is 1. The molecule has 1 atom stereocenters. The zero-order valence-corrected chi connectivity index (χ0v) is 18.7. The van der Waals surface area contributed by atoms with E-state index in [2.05, 4.69) is 64.1 Å². The molecule has 0 radical (unpaired) electrons. The maximum atomic E-state index is 12.9. The highest BCUT2D eigenvalue weighted by Crippen LogP contribution is 2.23. The van der Waals surface area contributed by atoms with Gasteiger partial charge in [-0.1, -0.05) is 36.4 Å². The summed E-state index contributed by atoms with van der Waals surface area (Å²) >= 11 is 0. The Hall–Kier alpha value is -2.57. The highest BCUT2D eigenvalue weighted by molar-refractivity contribution is 5.78. The molecule has 2 aliphatic rings. The lowest BCUT2D eigenvalue weighted by Gasteiger charge is -2.40. The Kier molecular flexibility index (Phi) is 7.10. The number of rotatable bonds is 6. The van der Waals surface area contributed by atoms with Gasteiger partial charge in [0.15, 0.2) is 0 Å². The lowest BCUT2D eigenvalue weighted by molar-refractivity contribution is -0.134. The third kappa shape index (κ3) is 5.38. The van der Waals surface area contributed by atoms with Crippen LogP contribution in [0.3, 0.4) is 0 Å². The fourth-order valence-corrected chi connectivity index (χ4v) is 4.56. The number of methoxy groups -OCH3 is 1. The van der Waals surface area contributed by atoms with Crippen LogP contribution in [0, 0.1) is 0 Å². The number of nitrogens with zero attached hydrogens (tertiary/aromatic N) is 4. The van der Waals surface area contributed by atoms with Crippen LogP contribution in [0.2, 0.25) is 0 Å². The number of piperazine rings is 2. The number of carbonyl (C=O) groups excluding carboxylic acids is 1. The first-order chi connectivity index (χ1) is 15.1. The van der Waals surface area contributed by atoms with Crippen LogP contribution in [0.4, 0.5) is 5.69 Å². The second-order valence-electron chi connectivity index (χ2n) is 8.47. The van der Waals surface area contributed by atoms with Gasteiger partial charge in [0.2, 0.25) is 5.91 Å². The van der Waals surface area contributed by atoms with E-state index in [0.717, 1.165) is 58.1 Å². The fraction of sp³-hybridized carbons (Fsp3) is 0.480. The molecule has 2 heterocycles. The van der Waals surface area contributed by atoms with Gasteiger partial charge in [0, 0.05) is 70.2 Å². The summed E-state index contributed by atoms with van der Waals surface area (Å²) in [6.07, 6.45) is 0. The van der Waals surface area contributed by atoms with Gasteiger partial charge in [-0.2, -0.15) is 0 Å². The van der Waals surface area contributed by atoms with E-state index in [1.807, 2.05) is 17.0 Å². The van der Waals surface area contributed by atoms with Crippen molar-refractivity contribution >= 4 is 11.6 Å². The average Bonchev–Trinajstić information content (AvgIpc) is 2.84. The summed E-state index contributed by atoms with van der Waals surface area (Å²) in [5.74, 6) is 1.15. The maximum Gasteiger partial charge on any atom is 0.236 e. The van der Waals surface area contributed by atoms with Gasteiger partial charge >= 0.3 is 0 Å². The van der Waals surface area contributed by atoms with Crippen LogP contribution in [-0.2, 0) is 4.79 Å². The second-order valence-corrected chi connectivity index (χ2v) is 8.47. The van der Waals surface area contributed by atoms with Crippen molar-refractivity contribution in [3.05, 3.63) is 60.2 Å². The van der Waals surface area contributed by atoms with E-state index in [4.69, 9.17) is 4.74 Å². The maximum absolute atomic E-state index is 12.9. The summed E-state index contributed by atoms with van der Waals surface area (Å²) in [4.78, 5) is 22.1. The predicted octanol–water partition coefficient (Wildman–Crippen LogP) is 2.72. The Morgan fingerprint density at radius 2 is 1.61 bits per heavy atom. The number of amides is 1. The molecule has 0 saturated carbocycles. The number of ether oxygens (including phenoxy) is 1. The summed E-state index contributed by atoms with van der Waals surface area (Å²) in [5.41, 5.74) is 2.53. The van der Waals surface area contributed by atoms with Gasteiger partial charge in [-0.15, -0.1) is 0 Å². The zero-order valence-electron chi connectivity index (χ0n) is 18.7. The van der Waals surface area contributed by atoms with Crippen LogP contribution in [0.15, 0.2) is 54.6 Å². The van der Waals surface area contributed by atoms with Crippen molar-refractivity contribution in [1.82, 2.24) is 14.7 Å². The molecule has 166 valence electrons. The second kappa shape index (κ2) is 10.2. The van der Waals surface area contributed by atoms with Crippen molar-refractivity contribution in [1.29, 1.82) is 0 Å². The van der Waals surface area contributed by atoms with Crippen molar-refractivity contribution in [2.24, 2.45) is 0 Å². The van der Waals surface area contributed by atoms with Crippen molar-refractivity contribution in [3.63, 3.8) is 0 Å². The van der Waals surface area contributed by atoms with Crippen LogP contribution in [-0.4, -0.2) is 86.6 Å². The molecule has 0 aromatic heterocycles. The largest absolute Gasteiger partial charge is 0.497 e. The molecule has 2 fully saturated rings. The average molecular weight is 423 g/mol. The van der Waals surface area contributed by atoms with Crippen LogP contribution >= 0.6 is 0 Å². The molecule has 31 heavy (non-hydrogen) atoms. The smallest absolute Gasteiger partial charge is 0.236 e. The molecule has 1 amide bonds. The predicted molar refractivity (Wildman–Crippen MR) is 125 cm³/mol. The van der Waals surface area contributed by atoms with Crippen molar-refractivity contribution in [2.45, 2.75) is 13.0 Å². The van der Waals surface area contributed by atoms with Crippen molar-refractivity contribution in [3.8, 4) is 5.75 Å². The van der Waals surface area contributed by atoms with Crippen LogP contribution < -0.4 is 9.64 Å². The molecule has 0 bridgehead atoms. The van der Waals surface area contributed by atoms with Gasteiger partial charge in [0.25, 0.3) is 0 Å². The van der Waals surface area contributed by atoms with Gasteiger partial charge in [-0.05, 0) is 24.6 Å². The Labute approximate surface area is 186 Å². The summed E-state index contributed by atoms with van der Waals surface area (Å²) in [5, 5.41) is 0. The van der Waals surface area contributed by atoms with Gasteiger partial charge in [0.1, 0.15) is 5.75 Å².